The van der Waals surface area contributed by atoms with Gasteiger partial charge in [0.15, 0.2) is 0 Å². The third kappa shape index (κ3) is 2.71. The summed E-state index contributed by atoms with van der Waals surface area (Å²) >= 11 is 0. The largest absolute Gasteiger partial charge is 0.382 e. The minimum atomic E-state index is -0.329. The topological polar surface area (TPSA) is 67.2 Å². The minimum Gasteiger partial charge on any atom is -0.382 e. The van der Waals surface area contributed by atoms with Gasteiger partial charge in [0, 0.05) is 35.9 Å². The van der Waals surface area contributed by atoms with Crippen molar-refractivity contribution in [1.82, 2.24) is 5.32 Å². The Hall–Kier alpha value is -1.62. The Labute approximate surface area is 112 Å². The van der Waals surface area contributed by atoms with Gasteiger partial charge in [0.1, 0.15) is 0 Å². The van der Waals surface area contributed by atoms with Gasteiger partial charge in [-0.3, -0.25) is 10.1 Å². The van der Waals surface area contributed by atoms with Crippen molar-refractivity contribution < 1.29 is 4.92 Å². The van der Waals surface area contributed by atoms with Crippen LogP contribution in [0.4, 0.5) is 11.4 Å². The van der Waals surface area contributed by atoms with Gasteiger partial charge in [0.2, 0.25) is 0 Å². The smallest absolute Gasteiger partial charge is 0.271 e. The van der Waals surface area contributed by atoms with Crippen LogP contribution in [0, 0.1) is 17.0 Å². The molecule has 2 saturated heterocycles. The minimum absolute atomic E-state index is 0.166. The Bertz CT molecular complexity index is 491. The summed E-state index contributed by atoms with van der Waals surface area (Å²) in [5, 5.41) is 18.0. The average molecular weight is 261 g/mol. The van der Waals surface area contributed by atoms with Gasteiger partial charge in [0.25, 0.3) is 5.69 Å². The first kappa shape index (κ1) is 12.4. The van der Waals surface area contributed by atoms with Crippen molar-refractivity contribution in [2.45, 2.75) is 50.7 Å². The summed E-state index contributed by atoms with van der Waals surface area (Å²) < 4.78 is 0. The molecule has 3 rings (SSSR count). The van der Waals surface area contributed by atoms with Gasteiger partial charge in [-0.2, -0.15) is 0 Å². The molecule has 2 bridgehead atoms. The van der Waals surface area contributed by atoms with Crippen LogP contribution in [-0.4, -0.2) is 23.0 Å². The third-order valence-electron chi connectivity index (χ3n) is 4.12. The molecule has 2 aliphatic rings. The second kappa shape index (κ2) is 4.81. The van der Waals surface area contributed by atoms with E-state index in [1.807, 2.05) is 13.0 Å². The Morgan fingerprint density at radius 1 is 1.26 bits per heavy atom. The molecule has 2 aliphatic heterocycles. The zero-order valence-electron chi connectivity index (χ0n) is 11.1. The maximum atomic E-state index is 10.9. The molecule has 19 heavy (non-hydrogen) atoms. The van der Waals surface area contributed by atoms with Gasteiger partial charge in [0.05, 0.1) is 4.92 Å². The number of piperidine rings is 1. The quantitative estimate of drug-likeness (QED) is 0.648. The number of fused-ring (bicyclic) bond motifs is 2. The number of non-ortho nitro benzene ring substituents is 1. The number of rotatable bonds is 3. The molecule has 2 fully saturated rings. The Kier molecular flexibility index (Phi) is 3.14. The number of nitrogens with zero attached hydrogens (tertiary/aromatic N) is 1. The molecule has 5 heteroatoms. The number of nitro groups is 1. The van der Waals surface area contributed by atoms with Gasteiger partial charge >= 0.3 is 0 Å². The van der Waals surface area contributed by atoms with Gasteiger partial charge in [-0.1, -0.05) is 0 Å². The summed E-state index contributed by atoms with van der Waals surface area (Å²) in [6, 6.07) is 6.90. The maximum absolute atomic E-state index is 10.9. The number of hydrogen-bond acceptors (Lipinski definition) is 4. The summed E-state index contributed by atoms with van der Waals surface area (Å²) in [6.07, 6.45) is 4.74. The second-order valence-electron chi connectivity index (χ2n) is 5.76. The van der Waals surface area contributed by atoms with Gasteiger partial charge in [-0.05, 0) is 44.2 Å². The first-order valence-corrected chi connectivity index (χ1v) is 6.89. The lowest BCUT2D eigenvalue weighted by molar-refractivity contribution is -0.384. The van der Waals surface area contributed by atoms with E-state index >= 15 is 0 Å². The number of anilines is 1. The summed E-state index contributed by atoms with van der Waals surface area (Å²) in [7, 11) is 0. The van der Waals surface area contributed by atoms with Crippen molar-refractivity contribution in [2.75, 3.05) is 5.32 Å². The molecule has 2 atom stereocenters. The average Bonchev–Trinajstić information content (AvgIpc) is 2.68. The first-order valence-electron chi connectivity index (χ1n) is 6.89. The van der Waals surface area contributed by atoms with E-state index in [2.05, 4.69) is 10.6 Å². The van der Waals surface area contributed by atoms with Crippen LogP contribution in [0.15, 0.2) is 18.2 Å². The van der Waals surface area contributed by atoms with Crippen molar-refractivity contribution in [3.63, 3.8) is 0 Å². The van der Waals surface area contributed by atoms with E-state index < -0.39 is 0 Å². The van der Waals surface area contributed by atoms with Gasteiger partial charge < -0.3 is 10.6 Å². The van der Waals surface area contributed by atoms with E-state index in [4.69, 9.17) is 0 Å². The first-order chi connectivity index (χ1) is 9.10. The normalized spacial score (nSPS) is 29.2. The molecule has 0 spiro atoms. The second-order valence-corrected chi connectivity index (χ2v) is 5.76. The van der Waals surface area contributed by atoms with Crippen LogP contribution < -0.4 is 10.6 Å². The van der Waals surface area contributed by atoms with Crippen LogP contribution in [0.1, 0.15) is 31.2 Å². The van der Waals surface area contributed by atoms with E-state index in [1.54, 1.807) is 12.1 Å². The molecule has 2 N–H and O–H groups in total. The predicted molar refractivity (Wildman–Crippen MR) is 74.4 cm³/mol. The molecule has 102 valence electrons. The van der Waals surface area contributed by atoms with Crippen LogP contribution in [0.3, 0.4) is 0 Å². The molecule has 2 unspecified atom stereocenters. The van der Waals surface area contributed by atoms with Crippen LogP contribution in [0.2, 0.25) is 0 Å². The van der Waals surface area contributed by atoms with Crippen LogP contribution >= 0.6 is 0 Å². The highest BCUT2D eigenvalue weighted by Gasteiger charge is 2.33. The van der Waals surface area contributed by atoms with Crippen LogP contribution in [-0.2, 0) is 0 Å². The van der Waals surface area contributed by atoms with E-state index in [9.17, 15) is 10.1 Å². The van der Waals surface area contributed by atoms with Crippen LogP contribution in [0.25, 0.3) is 0 Å². The van der Waals surface area contributed by atoms with E-state index in [0.717, 1.165) is 24.1 Å². The zero-order valence-corrected chi connectivity index (χ0v) is 11.1. The molecule has 5 nitrogen and oxygen atoms in total. The van der Waals surface area contributed by atoms with Crippen molar-refractivity contribution in [3.8, 4) is 0 Å². The fourth-order valence-corrected chi connectivity index (χ4v) is 3.36. The predicted octanol–water partition coefficient (Wildman–Crippen LogP) is 2.60. The molecule has 1 aromatic carbocycles. The lowest BCUT2D eigenvalue weighted by Crippen LogP contribution is -2.43. The lowest BCUT2D eigenvalue weighted by Gasteiger charge is -2.30. The molecule has 2 heterocycles. The highest BCUT2D eigenvalue weighted by molar-refractivity contribution is 5.54. The molecular formula is C14H19N3O2. The SMILES string of the molecule is Cc1cc(NC2CC3CCC(C2)N3)cc([N+](=O)[O-])c1. The number of nitrogens with one attached hydrogen (secondary N) is 2. The summed E-state index contributed by atoms with van der Waals surface area (Å²) in [5.41, 5.74) is 1.96. The van der Waals surface area contributed by atoms with Crippen LogP contribution in [0.5, 0.6) is 0 Å². The van der Waals surface area contributed by atoms with Crippen molar-refractivity contribution in [1.29, 1.82) is 0 Å². The Balaban J connectivity index is 1.74. The number of hydrogen-bond donors (Lipinski definition) is 2. The number of aryl methyl sites for hydroxylation is 1. The highest BCUT2D eigenvalue weighted by Crippen LogP contribution is 2.29. The summed E-state index contributed by atoms with van der Waals surface area (Å²) in [4.78, 5) is 10.6. The highest BCUT2D eigenvalue weighted by atomic mass is 16.6. The fraction of sp³-hybridized carbons (Fsp3) is 0.571. The molecule has 0 saturated carbocycles. The third-order valence-corrected chi connectivity index (χ3v) is 4.12. The van der Waals surface area contributed by atoms with E-state index in [0.29, 0.717) is 18.1 Å². The monoisotopic (exact) mass is 261 g/mol. The fourth-order valence-electron chi connectivity index (χ4n) is 3.36. The molecule has 0 amide bonds. The molecule has 1 aromatic rings. The van der Waals surface area contributed by atoms with E-state index in [1.165, 1.54) is 12.8 Å². The molecular weight excluding hydrogens is 242 g/mol. The summed E-state index contributed by atoms with van der Waals surface area (Å²) in [5.74, 6) is 0. The Morgan fingerprint density at radius 3 is 2.58 bits per heavy atom. The standard InChI is InChI=1S/C14H19N3O2/c1-9-4-12(8-14(5-9)17(18)19)16-13-6-10-2-3-11(7-13)15-10/h4-5,8,10-11,13,15-16H,2-3,6-7H2,1H3. The van der Waals surface area contributed by atoms with Crippen molar-refractivity contribution >= 4 is 11.4 Å². The molecule has 0 radical (unpaired) electrons. The van der Waals surface area contributed by atoms with Gasteiger partial charge in [-0.25, -0.2) is 0 Å². The zero-order chi connectivity index (χ0) is 13.4. The molecule has 0 aliphatic carbocycles. The maximum Gasteiger partial charge on any atom is 0.271 e. The summed E-state index contributed by atoms with van der Waals surface area (Å²) in [6.45, 7) is 1.89. The lowest BCUT2D eigenvalue weighted by atomic mass is 9.99. The van der Waals surface area contributed by atoms with Crippen molar-refractivity contribution in [3.05, 3.63) is 33.9 Å². The Morgan fingerprint density at radius 2 is 1.95 bits per heavy atom. The van der Waals surface area contributed by atoms with Gasteiger partial charge in [-0.15, -0.1) is 0 Å². The number of benzene rings is 1. The van der Waals surface area contributed by atoms with E-state index in [-0.39, 0.29) is 10.6 Å². The van der Waals surface area contributed by atoms with Crippen molar-refractivity contribution in [2.24, 2.45) is 0 Å². The number of nitro benzene ring substituents is 1. The molecule has 0 aromatic heterocycles.